The molecule has 0 heterocycles. The maximum absolute atomic E-state index is 12.2. The van der Waals surface area contributed by atoms with Crippen molar-refractivity contribution in [3.05, 3.63) is 24.3 Å². The smallest absolute Gasteiger partial charge is 0.238 e. The van der Waals surface area contributed by atoms with Gasteiger partial charge in [0.15, 0.2) is 0 Å². The number of hydrogen-bond acceptors (Lipinski definition) is 4. The molecule has 5 nitrogen and oxygen atoms in total. The van der Waals surface area contributed by atoms with Crippen LogP contribution in [0.3, 0.4) is 0 Å². The quantitative estimate of drug-likeness (QED) is 0.685. The van der Waals surface area contributed by atoms with Gasteiger partial charge in [0.1, 0.15) is 5.75 Å². The first-order valence-corrected chi connectivity index (χ1v) is 8.50. The zero-order chi connectivity index (χ0) is 16.1. The highest BCUT2D eigenvalue weighted by atomic mass is 16.3. The van der Waals surface area contributed by atoms with Crippen LogP contribution in [-0.2, 0) is 4.79 Å². The first-order valence-electron chi connectivity index (χ1n) is 8.50. The summed E-state index contributed by atoms with van der Waals surface area (Å²) in [5.41, 5.74) is 0.00859. The maximum Gasteiger partial charge on any atom is 0.238 e. The summed E-state index contributed by atoms with van der Waals surface area (Å²) < 4.78 is 0. The Bertz CT molecular complexity index is 616. The standard InChI is InChI=1S/C18H24N2O3/c21-15-3-1-2-14(5-15)20-16(22)10-19-17-6-12-4-13(7-17)9-18(23,8-12)11-17/h1-3,5,12-13,19,21,23H,4,6-11H2,(H,20,22). The monoisotopic (exact) mass is 316 g/mol. The lowest BCUT2D eigenvalue weighted by Crippen LogP contribution is -2.65. The van der Waals surface area contributed by atoms with Gasteiger partial charge in [0.05, 0.1) is 12.1 Å². The van der Waals surface area contributed by atoms with E-state index in [1.807, 2.05) is 0 Å². The predicted octanol–water partition coefficient (Wildman–Crippen LogP) is 2.00. The van der Waals surface area contributed by atoms with Gasteiger partial charge in [-0.05, 0) is 62.5 Å². The summed E-state index contributed by atoms with van der Waals surface area (Å²) in [5.74, 6) is 1.23. The van der Waals surface area contributed by atoms with Gasteiger partial charge >= 0.3 is 0 Å². The van der Waals surface area contributed by atoms with Gasteiger partial charge in [-0.25, -0.2) is 0 Å². The molecule has 4 aliphatic carbocycles. The van der Waals surface area contributed by atoms with E-state index in [4.69, 9.17) is 0 Å². The van der Waals surface area contributed by atoms with Gasteiger partial charge in [0.25, 0.3) is 0 Å². The van der Waals surface area contributed by atoms with Crippen molar-refractivity contribution in [2.75, 3.05) is 11.9 Å². The number of phenolic OH excluding ortho intramolecular Hbond substituents is 1. The van der Waals surface area contributed by atoms with E-state index in [1.165, 1.54) is 12.5 Å². The van der Waals surface area contributed by atoms with Gasteiger partial charge in [-0.2, -0.15) is 0 Å². The summed E-state index contributed by atoms with van der Waals surface area (Å²) in [5, 5.41) is 26.4. The fourth-order valence-corrected chi connectivity index (χ4v) is 5.48. The minimum absolute atomic E-state index is 0.0744. The fourth-order valence-electron chi connectivity index (χ4n) is 5.48. The van der Waals surface area contributed by atoms with Gasteiger partial charge < -0.3 is 20.8 Å². The lowest BCUT2D eigenvalue weighted by atomic mass is 9.51. The lowest BCUT2D eigenvalue weighted by molar-refractivity contribution is -0.144. The Kier molecular flexibility index (Phi) is 3.39. The van der Waals surface area contributed by atoms with Gasteiger partial charge in [-0.15, -0.1) is 0 Å². The van der Waals surface area contributed by atoms with E-state index in [9.17, 15) is 15.0 Å². The Morgan fingerprint density at radius 3 is 2.61 bits per heavy atom. The third-order valence-electron chi connectivity index (χ3n) is 5.78. The number of carbonyl (C=O) groups excluding carboxylic acids is 1. The van der Waals surface area contributed by atoms with Crippen molar-refractivity contribution in [1.82, 2.24) is 5.32 Å². The number of amides is 1. The van der Waals surface area contributed by atoms with Crippen LogP contribution in [0.1, 0.15) is 38.5 Å². The molecule has 4 aliphatic rings. The molecule has 0 aromatic heterocycles. The minimum atomic E-state index is -0.515. The van der Waals surface area contributed by atoms with Crippen LogP contribution in [0.25, 0.3) is 0 Å². The molecule has 23 heavy (non-hydrogen) atoms. The van der Waals surface area contributed by atoms with Crippen molar-refractivity contribution in [3.8, 4) is 5.75 Å². The van der Waals surface area contributed by atoms with Crippen molar-refractivity contribution in [2.24, 2.45) is 11.8 Å². The highest BCUT2D eigenvalue weighted by molar-refractivity contribution is 5.92. The number of aliphatic hydroxyl groups is 1. The number of anilines is 1. The molecule has 1 amide bonds. The Balaban J connectivity index is 1.38. The Hall–Kier alpha value is -1.59. The van der Waals surface area contributed by atoms with Crippen LogP contribution in [0.2, 0.25) is 0 Å². The second kappa shape index (κ2) is 5.21. The van der Waals surface area contributed by atoms with Crippen LogP contribution < -0.4 is 10.6 Å². The van der Waals surface area contributed by atoms with Crippen LogP contribution in [0, 0.1) is 11.8 Å². The van der Waals surface area contributed by atoms with Crippen LogP contribution in [0.5, 0.6) is 5.75 Å². The summed E-state index contributed by atoms with van der Waals surface area (Å²) in [6, 6.07) is 6.56. The number of nitrogens with one attached hydrogen (secondary N) is 2. The van der Waals surface area contributed by atoms with Gasteiger partial charge in [0.2, 0.25) is 5.91 Å². The summed E-state index contributed by atoms with van der Waals surface area (Å²) in [4.78, 5) is 12.2. The zero-order valence-corrected chi connectivity index (χ0v) is 13.2. The van der Waals surface area contributed by atoms with E-state index in [-0.39, 0.29) is 23.7 Å². The molecule has 5 heteroatoms. The Labute approximate surface area is 136 Å². The number of phenols is 1. The minimum Gasteiger partial charge on any atom is -0.508 e. The Morgan fingerprint density at radius 1 is 1.22 bits per heavy atom. The molecule has 4 bridgehead atoms. The molecule has 0 spiro atoms. The zero-order valence-electron chi connectivity index (χ0n) is 13.2. The number of hydrogen-bond donors (Lipinski definition) is 4. The maximum atomic E-state index is 12.2. The van der Waals surface area contributed by atoms with E-state index in [0.29, 0.717) is 17.5 Å². The van der Waals surface area contributed by atoms with E-state index in [0.717, 1.165) is 32.1 Å². The molecule has 4 N–H and O–H groups in total. The second-order valence-corrected chi connectivity index (χ2v) is 7.92. The van der Waals surface area contributed by atoms with E-state index in [1.54, 1.807) is 18.2 Å². The molecule has 0 aliphatic heterocycles. The number of rotatable bonds is 4. The molecule has 4 fully saturated rings. The Morgan fingerprint density at radius 2 is 1.96 bits per heavy atom. The van der Waals surface area contributed by atoms with Crippen LogP contribution in [0.4, 0.5) is 5.69 Å². The van der Waals surface area contributed by atoms with Crippen LogP contribution >= 0.6 is 0 Å². The van der Waals surface area contributed by atoms with Crippen LogP contribution in [0.15, 0.2) is 24.3 Å². The summed E-state index contributed by atoms with van der Waals surface area (Å²) in [6.45, 7) is 0.241. The largest absolute Gasteiger partial charge is 0.508 e. The van der Waals surface area contributed by atoms with Gasteiger partial charge in [0, 0.05) is 17.3 Å². The van der Waals surface area contributed by atoms with Crippen molar-refractivity contribution < 1.29 is 15.0 Å². The molecule has 124 valence electrons. The van der Waals surface area contributed by atoms with E-state index < -0.39 is 5.60 Å². The molecular formula is C18H24N2O3. The lowest BCUT2D eigenvalue weighted by Gasteiger charge is -2.60. The molecule has 2 unspecified atom stereocenters. The molecule has 2 atom stereocenters. The summed E-state index contributed by atoms with van der Waals surface area (Å²) in [7, 11) is 0. The average molecular weight is 316 g/mol. The van der Waals surface area contributed by atoms with Gasteiger partial charge in [-0.3, -0.25) is 4.79 Å². The van der Waals surface area contributed by atoms with Crippen molar-refractivity contribution >= 4 is 11.6 Å². The normalized spacial score (nSPS) is 37.8. The molecule has 0 saturated heterocycles. The third kappa shape index (κ3) is 2.95. The highest BCUT2D eigenvalue weighted by Crippen LogP contribution is 2.57. The van der Waals surface area contributed by atoms with Crippen molar-refractivity contribution in [3.63, 3.8) is 0 Å². The third-order valence-corrected chi connectivity index (χ3v) is 5.78. The molecule has 1 aromatic carbocycles. The summed E-state index contributed by atoms with van der Waals surface area (Å²) >= 11 is 0. The average Bonchev–Trinajstić information content (AvgIpc) is 2.43. The molecule has 4 saturated carbocycles. The van der Waals surface area contributed by atoms with Crippen LogP contribution in [-0.4, -0.2) is 33.8 Å². The van der Waals surface area contributed by atoms with Crippen molar-refractivity contribution in [1.29, 1.82) is 0 Å². The molecule has 5 rings (SSSR count). The first kappa shape index (κ1) is 15.0. The van der Waals surface area contributed by atoms with E-state index >= 15 is 0 Å². The second-order valence-electron chi connectivity index (χ2n) is 7.92. The number of benzene rings is 1. The number of aromatic hydroxyl groups is 1. The first-order chi connectivity index (χ1) is 10.9. The highest BCUT2D eigenvalue weighted by Gasteiger charge is 2.56. The molecular weight excluding hydrogens is 292 g/mol. The topological polar surface area (TPSA) is 81.6 Å². The van der Waals surface area contributed by atoms with Gasteiger partial charge in [-0.1, -0.05) is 6.07 Å². The summed E-state index contributed by atoms with van der Waals surface area (Å²) in [6.07, 6.45) is 6.02. The molecule has 0 radical (unpaired) electrons. The van der Waals surface area contributed by atoms with E-state index in [2.05, 4.69) is 10.6 Å². The fraction of sp³-hybridized carbons (Fsp3) is 0.611. The number of carbonyl (C=O) groups is 1. The predicted molar refractivity (Wildman–Crippen MR) is 87.1 cm³/mol. The molecule has 1 aromatic rings. The SMILES string of the molecule is O=C(CNC12CC3CC(CC(O)(C3)C1)C2)Nc1cccc(O)c1. The van der Waals surface area contributed by atoms with Crippen molar-refractivity contribution in [2.45, 2.75) is 49.7 Å².